The van der Waals surface area contributed by atoms with E-state index in [1.807, 2.05) is 62.4 Å². The van der Waals surface area contributed by atoms with Gasteiger partial charge >= 0.3 is 0 Å². The summed E-state index contributed by atoms with van der Waals surface area (Å²) in [4.78, 5) is 24.5. The van der Waals surface area contributed by atoms with Gasteiger partial charge in [0, 0.05) is 22.7 Å². The molecule has 4 nitrogen and oxygen atoms in total. The number of rotatable bonds is 7. The lowest BCUT2D eigenvalue weighted by atomic mass is 10.2. The first-order chi connectivity index (χ1) is 11.6. The zero-order valence-electron chi connectivity index (χ0n) is 14.0. The van der Waals surface area contributed by atoms with Crippen molar-refractivity contribution in [1.29, 1.82) is 0 Å². The number of anilines is 2. The van der Waals surface area contributed by atoms with Crippen LogP contribution in [-0.4, -0.2) is 17.6 Å². The van der Waals surface area contributed by atoms with E-state index in [4.69, 9.17) is 0 Å². The number of amides is 2. The van der Waals surface area contributed by atoms with E-state index < -0.39 is 0 Å². The molecule has 0 saturated carbocycles. The van der Waals surface area contributed by atoms with Gasteiger partial charge in [0.1, 0.15) is 0 Å². The van der Waals surface area contributed by atoms with Gasteiger partial charge in [-0.2, -0.15) is 0 Å². The van der Waals surface area contributed by atoms with Crippen LogP contribution in [0.15, 0.2) is 53.4 Å². The number of carbonyl (C=O) groups excluding carboxylic acids is 2. The van der Waals surface area contributed by atoms with Gasteiger partial charge < -0.3 is 10.6 Å². The maximum Gasteiger partial charge on any atom is 0.234 e. The Balaban J connectivity index is 1.80. The Morgan fingerprint density at radius 2 is 1.42 bits per heavy atom. The minimum atomic E-state index is -0.0378. The number of thioether (sulfide) groups is 1. The van der Waals surface area contributed by atoms with Gasteiger partial charge in [0.25, 0.3) is 0 Å². The Labute approximate surface area is 147 Å². The molecule has 0 radical (unpaired) electrons. The predicted molar refractivity (Wildman–Crippen MR) is 101 cm³/mol. The summed E-state index contributed by atoms with van der Waals surface area (Å²) >= 11 is 1.46. The van der Waals surface area contributed by atoms with Gasteiger partial charge in [0.2, 0.25) is 11.8 Å². The molecule has 2 N–H and O–H groups in total. The molecule has 2 amide bonds. The fourth-order valence-electron chi connectivity index (χ4n) is 2.07. The Hall–Kier alpha value is -2.27. The topological polar surface area (TPSA) is 58.2 Å². The molecule has 2 rings (SSSR count). The molecule has 0 bridgehead atoms. The Morgan fingerprint density at radius 3 is 2.00 bits per heavy atom. The minimum absolute atomic E-state index is 0.0235. The monoisotopic (exact) mass is 342 g/mol. The molecule has 2 aromatic carbocycles. The molecule has 0 aliphatic heterocycles. The molecule has 0 aliphatic rings. The van der Waals surface area contributed by atoms with Crippen molar-refractivity contribution in [2.45, 2.75) is 31.6 Å². The Kier molecular flexibility index (Phi) is 6.88. The second-order valence-electron chi connectivity index (χ2n) is 5.53. The van der Waals surface area contributed by atoms with Crippen molar-refractivity contribution >= 4 is 35.0 Å². The van der Waals surface area contributed by atoms with Crippen LogP contribution in [0, 0.1) is 6.92 Å². The average Bonchev–Trinajstić information content (AvgIpc) is 2.56. The highest BCUT2D eigenvalue weighted by molar-refractivity contribution is 8.00. The summed E-state index contributed by atoms with van der Waals surface area (Å²) < 4.78 is 0. The maximum atomic E-state index is 12.0. The van der Waals surface area contributed by atoms with E-state index in [9.17, 15) is 9.59 Å². The van der Waals surface area contributed by atoms with E-state index >= 15 is 0 Å². The van der Waals surface area contributed by atoms with Crippen molar-refractivity contribution in [2.24, 2.45) is 0 Å². The molecular formula is C19H22N2O2S. The van der Waals surface area contributed by atoms with Crippen LogP contribution in [0.4, 0.5) is 11.4 Å². The largest absolute Gasteiger partial charge is 0.326 e. The van der Waals surface area contributed by atoms with Gasteiger partial charge in [-0.1, -0.05) is 24.6 Å². The Bertz CT molecular complexity index is 682. The first kappa shape index (κ1) is 18.1. The molecule has 0 heterocycles. The average molecular weight is 342 g/mol. The van der Waals surface area contributed by atoms with Gasteiger partial charge in [-0.15, -0.1) is 11.8 Å². The fraction of sp³-hybridized carbons (Fsp3) is 0.263. The van der Waals surface area contributed by atoms with Crippen LogP contribution in [0.2, 0.25) is 0 Å². The van der Waals surface area contributed by atoms with Crippen molar-refractivity contribution < 1.29 is 9.59 Å². The number of nitrogens with one attached hydrogen (secondary N) is 2. The standard InChI is InChI=1S/C19H22N2O2S/c1-3-4-18(22)20-16-9-11-17(12-10-16)24-13-19(23)21-15-7-5-14(2)6-8-15/h5-12H,3-4,13H2,1-2H3,(H,20,22)(H,21,23). The molecule has 0 unspecified atom stereocenters. The van der Waals surface area contributed by atoms with Crippen LogP contribution in [0.3, 0.4) is 0 Å². The van der Waals surface area contributed by atoms with Crippen LogP contribution in [0.5, 0.6) is 0 Å². The molecule has 0 atom stereocenters. The number of hydrogen-bond acceptors (Lipinski definition) is 3. The zero-order valence-corrected chi connectivity index (χ0v) is 14.8. The summed E-state index contributed by atoms with van der Waals surface area (Å²) in [6.45, 7) is 3.98. The van der Waals surface area contributed by atoms with Crippen molar-refractivity contribution in [1.82, 2.24) is 0 Å². The summed E-state index contributed by atoms with van der Waals surface area (Å²) in [5, 5.41) is 5.72. The van der Waals surface area contributed by atoms with Crippen LogP contribution < -0.4 is 10.6 Å². The number of aryl methyl sites for hydroxylation is 1. The number of hydrogen-bond donors (Lipinski definition) is 2. The second-order valence-corrected chi connectivity index (χ2v) is 6.57. The van der Waals surface area contributed by atoms with Crippen LogP contribution in [-0.2, 0) is 9.59 Å². The van der Waals surface area contributed by atoms with Crippen LogP contribution in [0.25, 0.3) is 0 Å². The van der Waals surface area contributed by atoms with E-state index in [0.717, 1.165) is 28.3 Å². The lowest BCUT2D eigenvalue weighted by Crippen LogP contribution is -2.13. The van der Waals surface area contributed by atoms with Crippen LogP contribution >= 0.6 is 11.8 Å². The van der Waals surface area contributed by atoms with Crippen molar-refractivity contribution in [3.63, 3.8) is 0 Å². The summed E-state index contributed by atoms with van der Waals surface area (Å²) in [5.41, 5.74) is 2.75. The zero-order chi connectivity index (χ0) is 17.4. The van der Waals surface area contributed by atoms with E-state index in [-0.39, 0.29) is 11.8 Å². The molecule has 2 aromatic rings. The molecule has 0 aromatic heterocycles. The minimum Gasteiger partial charge on any atom is -0.326 e. The van der Waals surface area contributed by atoms with Crippen LogP contribution in [0.1, 0.15) is 25.3 Å². The van der Waals surface area contributed by atoms with Crippen molar-refractivity contribution in [2.75, 3.05) is 16.4 Å². The molecule has 5 heteroatoms. The summed E-state index contributed by atoms with van der Waals surface area (Å²) in [7, 11) is 0. The molecule has 0 spiro atoms. The summed E-state index contributed by atoms with van der Waals surface area (Å²) in [6.07, 6.45) is 1.35. The Morgan fingerprint density at radius 1 is 0.875 bits per heavy atom. The third-order valence-electron chi connectivity index (χ3n) is 3.32. The first-order valence-electron chi connectivity index (χ1n) is 7.96. The molecule has 0 fully saturated rings. The number of benzene rings is 2. The first-order valence-corrected chi connectivity index (χ1v) is 8.94. The summed E-state index contributed by atoms with van der Waals surface area (Å²) in [6, 6.07) is 15.2. The highest BCUT2D eigenvalue weighted by atomic mass is 32.2. The second kappa shape index (κ2) is 9.13. The highest BCUT2D eigenvalue weighted by Crippen LogP contribution is 2.21. The normalized spacial score (nSPS) is 10.2. The van der Waals surface area contributed by atoms with E-state index in [1.54, 1.807) is 0 Å². The summed E-state index contributed by atoms with van der Waals surface area (Å²) in [5.74, 6) is 0.328. The highest BCUT2D eigenvalue weighted by Gasteiger charge is 2.05. The maximum absolute atomic E-state index is 12.0. The van der Waals surface area contributed by atoms with Crippen molar-refractivity contribution in [3.05, 3.63) is 54.1 Å². The smallest absolute Gasteiger partial charge is 0.234 e. The van der Waals surface area contributed by atoms with Crippen molar-refractivity contribution in [3.8, 4) is 0 Å². The quantitative estimate of drug-likeness (QED) is 0.730. The van der Waals surface area contributed by atoms with Gasteiger partial charge in [-0.05, 0) is 49.7 Å². The molecule has 126 valence electrons. The molecule has 24 heavy (non-hydrogen) atoms. The third-order valence-corrected chi connectivity index (χ3v) is 4.33. The number of carbonyl (C=O) groups is 2. The molecule has 0 saturated heterocycles. The van der Waals surface area contributed by atoms with Gasteiger partial charge in [-0.3, -0.25) is 9.59 Å². The molecule has 0 aliphatic carbocycles. The predicted octanol–water partition coefficient (Wildman–Crippen LogP) is 4.46. The lowest BCUT2D eigenvalue weighted by Gasteiger charge is -2.07. The lowest BCUT2D eigenvalue weighted by molar-refractivity contribution is -0.116. The van der Waals surface area contributed by atoms with Gasteiger partial charge in [-0.25, -0.2) is 0 Å². The van der Waals surface area contributed by atoms with E-state index in [2.05, 4.69) is 10.6 Å². The third kappa shape index (κ3) is 6.08. The van der Waals surface area contributed by atoms with E-state index in [1.165, 1.54) is 11.8 Å². The SMILES string of the molecule is CCCC(=O)Nc1ccc(SCC(=O)Nc2ccc(C)cc2)cc1. The van der Waals surface area contributed by atoms with Gasteiger partial charge in [0.15, 0.2) is 0 Å². The van der Waals surface area contributed by atoms with E-state index in [0.29, 0.717) is 12.2 Å². The van der Waals surface area contributed by atoms with Gasteiger partial charge in [0.05, 0.1) is 5.75 Å². The fourth-order valence-corrected chi connectivity index (χ4v) is 2.77. The molecular weight excluding hydrogens is 320 g/mol.